The first-order valence-corrected chi connectivity index (χ1v) is 7.50. The molecule has 8 heteroatoms. The van der Waals surface area contributed by atoms with Gasteiger partial charge in [0.25, 0.3) is 11.6 Å². The van der Waals surface area contributed by atoms with E-state index in [1.807, 2.05) is 12.1 Å². The third-order valence-electron chi connectivity index (χ3n) is 3.72. The predicted octanol–water partition coefficient (Wildman–Crippen LogP) is 2.70. The van der Waals surface area contributed by atoms with Gasteiger partial charge >= 0.3 is 0 Å². The molecule has 0 unspecified atom stereocenters. The number of nitro benzene ring substituents is 1. The zero-order chi connectivity index (χ0) is 18.0. The number of pyridine rings is 1. The average molecular weight is 337 g/mol. The van der Waals surface area contributed by atoms with Gasteiger partial charge < -0.3 is 0 Å². The molecule has 0 aliphatic rings. The van der Waals surface area contributed by atoms with Crippen LogP contribution in [0.2, 0.25) is 0 Å². The molecule has 0 aliphatic heterocycles. The second-order valence-corrected chi connectivity index (χ2v) is 5.42. The summed E-state index contributed by atoms with van der Waals surface area (Å²) in [6, 6.07) is 11.5. The number of aromatic nitrogens is 2. The van der Waals surface area contributed by atoms with Crippen molar-refractivity contribution in [2.75, 3.05) is 0 Å². The molecule has 1 aromatic carbocycles. The number of nitrogens with one attached hydrogen (secondary N) is 1. The van der Waals surface area contributed by atoms with Crippen molar-refractivity contribution in [3.8, 4) is 0 Å². The first kappa shape index (κ1) is 16.3. The lowest BCUT2D eigenvalue weighted by Crippen LogP contribution is -2.21. The van der Waals surface area contributed by atoms with Gasteiger partial charge in [-0.1, -0.05) is 18.2 Å². The monoisotopic (exact) mass is 337 g/mol. The first-order valence-electron chi connectivity index (χ1n) is 7.50. The van der Waals surface area contributed by atoms with Gasteiger partial charge in [-0.15, -0.1) is 0 Å². The number of imidazole rings is 1. The molecule has 0 saturated heterocycles. The summed E-state index contributed by atoms with van der Waals surface area (Å²) >= 11 is 0. The SMILES string of the molecule is C/C(=N/NC(=O)c1c(C)nc2ccccn12)c1cccc([N+](=O)[O-])c1. The van der Waals surface area contributed by atoms with Crippen LogP contribution in [-0.2, 0) is 0 Å². The number of aryl methyl sites for hydroxylation is 1. The lowest BCUT2D eigenvalue weighted by molar-refractivity contribution is -0.384. The molecule has 1 N–H and O–H groups in total. The molecule has 0 fully saturated rings. The van der Waals surface area contributed by atoms with Crippen LogP contribution in [-0.4, -0.2) is 25.9 Å². The van der Waals surface area contributed by atoms with Crippen molar-refractivity contribution in [3.63, 3.8) is 0 Å². The van der Waals surface area contributed by atoms with Crippen LogP contribution in [0.3, 0.4) is 0 Å². The highest BCUT2D eigenvalue weighted by Crippen LogP contribution is 2.14. The molecule has 0 radical (unpaired) electrons. The fourth-order valence-corrected chi connectivity index (χ4v) is 2.48. The maximum absolute atomic E-state index is 12.5. The Morgan fingerprint density at radius 3 is 2.84 bits per heavy atom. The summed E-state index contributed by atoms with van der Waals surface area (Å²) in [6.45, 7) is 3.42. The molecule has 0 aliphatic carbocycles. The molecule has 25 heavy (non-hydrogen) atoms. The number of nitro groups is 1. The molecular weight excluding hydrogens is 322 g/mol. The van der Waals surface area contributed by atoms with Crippen molar-refractivity contribution in [1.82, 2.24) is 14.8 Å². The van der Waals surface area contributed by atoms with Gasteiger partial charge in [0, 0.05) is 23.9 Å². The van der Waals surface area contributed by atoms with Crippen molar-refractivity contribution in [2.24, 2.45) is 5.10 Å². The number of carbonyl (C=O) groups is 1. The Labute approximate surface area is 143 Å². The summed E-state index contributed by atoms with van der Waals surface area (Å²) in [5.74, 6) is -0.402. The Balaban J connectivity index is 1.85. The third-order valence-corrected chi connectivity index (χ3v) is 3.72. The summed E-state index contributed by atoms with van der Waals surface area (Å²) < 4.78 is 1.68. The van der Waals surface area contributed by atoms with E-state index in [1.165, 1.54) is 12.1 Å². The number of hydrazone groups is 1. The van der Waals surface area contributed by atoms with Crippen molar-refractivity contribution in [2.45, 2.75) is 13.8 Å². The van der Waals surface area contributed by atoms with E-state index >= 15 is 0 Å². The van der Waals surface area contributed by atoms with E-state index in [-0.39, 0.29) is 5.69 Å². The number of hydrogen-bond donors (Lipinski definition) is 1. The normalized spacial score (nSPS) is 11.5. The minimum atomic E-state index is -0.475. The molecule has 2 aromatic heterocycles. The number of hydrogen-bond acceptors (Lipinski definition) is 5. The quantitative estimate of drug-likeness (QED) is 0.449. The van der Waals surface area contributed by atoms with E-state index < -0.39 is 10.8 Å². The largest absolute Gasteiger partial charge is 0.295 e. The first-order chi connectivity index (χ1) is 12.0. The predicted molar refractivity (Wildman–Crippen MR) is 92.7 cm³/mol. The third kappa shape index (κ3) is 3.23. The van der Waals surface area contributed by atoms with Gasteiger partial charge in [-0.25, -0.2) is 10.4 Å². The fraction of sp³-hybridized carbons (Fsp3) is 0.118. The number of amides is 1. The number of carbonyl (C=O) groups excluding carboxylic acids is 1. The molecule has 0 saturated carbocycles. The van der Waals surface area contributed by atoms with E-state index in [0.717, 1.165) is 0 Å². The van der Waals surface area contributed by atoms with Gasteiger partial charge in [0.1, 0.15) is 11.3 Å². The minimum Gasteiger partial charge on any atom is -0.295 e. The van der Waals surface area contributed by atoms with Gasteiger partial charge in [0.2, 0.25) is 0 Å². The van der Waals surface area contributed by atoms with Crippen LogP contribution in [0, 0.1) is 17.0 Å². The van der Waals surface area contributed by atoms with Crippen LogP contribution in [0.4, 0.5) is 5.69 Å². The highest BCUT2D eigenvalue weighted by Gasteiger charge is 2.16. The summed E-state index contributed by atoms with van der Waals surface area (Å²) in [5.41, 5.74) is 5.13. The Hall–Kier alpha value is -3.55. The van der Waals surface area contributed by atoms with Gasteiger partial charge in [0.05, 0.1) is 16.3 Å². The lowest BCUT2D eigenvalue weighted by Gasteiger charge is -2.04. The Morgan fingerprint density at radius 2 is 2.08 bits per heavy atom. The summed E-state index contributed by atoms with van der Waals surface area (Å²) in [6.07, 6.45) is 1.75. The number of nitrogens with zero attached hydrogens (tertiary/aromatic N) is 4. The van der Waals surface area contributed by atoms with E-state index in [4.69, 9.17) is 0 Å². The molecule has 126 valence electrons. The molecule has 3 rings (SSSR count). The summed E-state index contributed by atoms with van der Waals surface area (Å²) in [7, 11) is 0. The topological polar surface area (TPSA) is 102 Å². The van der Waals surface area contributed by atoms with E-state index in [9.17, 15) is 14.9 Å². The van der Waals surface area contributed by atoms with Crippen molar-refractivity contribution in [3.05, 3.63) is 75.7 Å². The fourth-order valence-electron chi connectivity index (χ4n) is 2.48. The van der Waals surface area contributed by atoms with Gasteiger partial charge in [0.15, 0.2) is 0 Å². The van der Waals surface area contributed by atoms with Crippen molar-refractivity contribution >= 4 is 23.0 Å². The van der Waals surface area contributed by atoms with Gasteiger partial charge in [-0.3, -0.25) is 19.3 Å². The standard InChI is InChI=1S/C17H15N5O3/c1-11(13-6-5-7-14(10-13)22(24)25)19-20-17(23)16-12(2)18-15-8-3-4-9-21(15)16/h3-10H,1-2H3,(H,20,23)/b19-11-. The van der Waals surface area contributed by atoms with E-state index in [1.54, 1.807) is 42.6 Å². The van der Waals surface area contributed by atoms with Crippen LogP contribution < -0.4 is 5.43 Å². The minimum absolute atomic E-state index is 0.0315. The molecule has 0 atom stereocenters. The van der Waals surface area contributed by atoms with E-state index in [2.05, 4.69) is 15.5 Å². The lowest BCUT2D eigenvalue weighted by atomic mass is 10.1. The maximum Gasteiger partial charge on any atom is 0.290 e. The zero-order valence-corrected chi connectivity index (χ0v) is 13.6. The molecule has 8 nitrogen and oxygen atoms in total. The average Bonchev–Trinajstić information content (AvgIpc) is 2.95. The van der Waals surface area contributed by atoms with Crippen LogP contribution in [0.1, 0.15) is 28.7 Å². The second-order valence-electron chi connectivity index (χ2n) is 5.42. The second kappa shape index (κ2) is 6.52. The molecular formula is C17H15N5O3. The molecule has 1 amide bonds. The number of rotatable bonds is 4. The molecule has 2 heterocycles. The number of benzene rings is 1. The van der Waals surface area contributed by atoms with Crippen molar-refractivity contribution in [1.29, 1.82) is 0 Å². The van der Waals surface area contributed by atoms with Crippen LogP contribution >= 0.6 is 0 Å². The maximum atomic E-state index is 12.5. The molecule has 0 spiro atoms. The Kier molecular flexibility index (Phi) is 4.25. The zero-order valence-electron chi connectivity index (χ0n) is 13.6. The number of non-ortho nitro benzene ring substituents is 1. The highest BCUT2D eigenvalue weighted by molar-refractivity contribution is 6.01. The van der Waals surface area contributed by atoms with Crippen LogP contribution in [0.15, 0.2) is 53.8 Å². The molecule has 3 aromatic rings. The van der Waals surface area contributed by atoms with Crippen LogP contribution in [0.25, 0.3) is 5.65 Å². The highest BCUT2D eigenvalue weighted by atomic mass is 16.6. The number of fused-ring (bicyclic) bond motifs is 1. The Bertz CT molecular complexity index is 1010. The van der Waals surface area contributed by atoms with Gasteiger partial charge in [-0.05, 0) is 26.0 Å². The van der Waals surface area contributed by atoms with Crippen LogP contribution in [0.5, 0.6) is 0 Å². The summed E-state index contributed by atoms with van der Waals surface area (Å²) in [4.78, 5) is 27.2. The Morgan fingerprint density at radius 1 is 1.28 bits per heavy atom. The van der Waals surface area contributed by atoms with Crippen molar-refractivity contribution < 1.29 is 9.72 Å². The molecule has 0 bridgehead atoms. The smallest absolute Gasteiger partial charge is 0.290 e. The summed E-state index contributed by atoms with van der Waals surface area (Å²) in [5, 5.41) is 14.9. The van der Waals surface area contributed by atoms with Gasteiger partial charge in [-0.2, -0.15) is 5.10 Å². The van der Waals surface area contributed by atoms with E-state index in [0.29, 0.717) is 28.3 Å².